The number of aryl methyl sites for hydroxylation is 1. The summed E-state index contributed by atoms with van der Waals surface area (Å²) in [6.45, 7) is 4.95. The van der Waals surface area contributed by atoms with Gasteiger partial charge in [0, 0.05) is 42.2 Å². The van der Waals surface area contributed by atoms with Gasteiger partial charge in [-0.2, -0.15) is 0 Å². The van der Waals surface area contributed by atoms with Gasteiger partial charge in [-0.3, -0.25) is 4.99 Å². The molecule has 0 saturated heterocycles. The highest BCUT2D eigenvalue weighted by atomic mass is 16.3. The van der Waals surface area contributed by atoms with Gasteiger partial charge in [-0.1, -0.05) is 0 Å². The zero-order valence-electron chi connectivity index (χ0n) is 14.4. The molecule has 2 aliphatic rings. The van der Waals surface area contributed by atoms with E-state index in [1.807, 2.05) is 31.2 Å². The summed E-state index contributed by atoms with van der Waals surface area (Å²) in [5.74, 6) is 0.847. The first-order chi connectivity index (χ1) is 12.1. The summed E-state index contributed by atoms with van der Waals surface area (Å²) < 4.78 is 6.13. The van der Waals surface area contributed by atoms with Crippen molar-refractivity contribution in [2.24, 2.45) is 4.99 Å². The standard InChI is InChI=1S/C20H19N3O2/c1-4-22-15-9-18-17(7-11(15)2)23-20-14-8-12(24)5-6-13(14)16(21-3)10-19(20)25-18/h5-10,22,24H,4H2,1-3H3/b21-16-. The largest absolute Gasteiger partial charge is 0.508 e. The second-order valence-electron chi connectivity index (χ2n) is 6.07. The Morgan fingerprint density at radius 1 is 1.16 bits per heavy atom. The van der Waals surface area contributed by atoms with Crippen LogP contribution in [0.5, 0.6) is 5.75 Å². The van der Waals surface area contributed by atoms with Crippen LogP contribution < -0.4 is 10.7 Å². The molecule has 0 atom stereocenters. The van der Waals surface area contributed by atoms with Gasteiger partial charge in [-0.15, -0.1) is 0 Å². The number of nitrogens with zero attached hydrogens (tertiary/aromatic N) is 2. The molecule has 4 rings (SSSR count). The van der Waals surface area contributed by atoms with Gasteiger partial charge < -0.3 is 14.8 Å². The number of phenolic OH excluding ortho intramolecular Hbond substituents is 1. The van der Waals surface area contributed by atoms with Crippen LogP contribution in [-0.2, 0) is 0 Å². The summed E-state index contributed by atoms with van der Waals surface area (Å²) in [6, 6.07) is 11.1. The lowest BCUT2D eigenvalue weighted by atomic mass is 10.0. The van der Waals surface area contributed by atoms with E-state index in [0.29, 0.717) is 5.76 Å². The lowest BCUT2D eigenvalue weighted by Crippen LogP contribution is -2.06. The topological polar surface area (TPSA) is 70.7 Å². The molecule has 0 radical (unpaired) electrons. The summed E-state index contributed by atoms with van der Waals surface area (Å²) in [5.41, 5.74) is 4.39. The monoisotopic (exact) mass is 333 g/mol. The van der Waals surface area contributed by atoms with Gasteiger partial charge in [0.05, 0.1) is 5.36 Å². The van der Waals surface area contributed by atoms with Crippen LogP contribution in [0.15, 0.2) is 45.8 Å². The van der Waals surface area contributed by atoms with Crippen LogP contribution in [0.4, 0.5) is 5.69 Å². The van der Waals surface area contributed by atoms with Gasteiger partial charge in [0.25, 0.3) is 0 Å². The molecule has 0 fully saturated rings. The van der Waals surface area contributed by atoms with Crippen LogP contribution in [0.1, 0.15) is 12.5 Å². The maximum atomic E-state index is 9.91. The van der Waals surface area contributed by atoms with Crippen LogP contribution in [0.2, 0.25) is 0 Å². The van der Waals surface area contributed by atoms with E-state index in [9.17, 15) is 5.11 Å². The zero-order chi connectivity index (χ0) is 17.6. The maximum absolute atomic E-state index is 9.91. The fourth-order valence-corrected chi connectivity index (χ4v) is 3.19. The lowest BCUT2D eigenvalue weighted by Gasteiger charge is -2.13. The third-order valence-electron chi connectivity index (χ3n) is 4.40. The normalized spacial score (nSPS) is 12.4. The molecule has 1 aliphatic carbocycles. The van der Waals surface area contributed by atoms with Gasteiger partial charge in [-0.05, 0) is 43.7 Å². The number of anilines is 1. The van der Waals surface area contributed by atoms with E-state index < -0.39 is 0 Å². The predicted octanol–water partition coefficient (Wildman–Crippen LogP) is 4.06. The van der Waals surface area contributed by atoms with E-state index in [1.165, 1.54) is 0 Å². The molecule has 5 nitrogen and oxygen atoms in total. The summed E-state index contributed by atoms with van der Waals surface area (Å²) in [4.78, 5) is 9.15. The maximum Gasteiger partial charge on any atom is 0.155 e. The van der Waals surface area contributed by atoms with E-state index in [-0.39, 0.29) is 5.75 Å². The van der Waals surface area contributed by atoms with Crippen molar-refractivity contribution in [2.75, 3.05) is 18.9 Å². The zero-order valence-corrected chi connectivity index (χ0v) is 14.4. The fourth-order valence-electron chi connectivity index (χ4n) is 3.19. The number of hydrogen-bond donors (Lipinski definition) is 2. The summed E-state index contributed by atoms with van der Waals surface area (Å²) in [6.07, 6.45) is 0. The number of aromatic nitrogens is 1. The number of hydrogen-bond acceptors (Lipinski definition) is 5. The Morgan fingerprint density at radius 2 is 2.00 bits per heavy atom. The molecule has 5 heteroatoms. The Morgan fingerprint density at radius 3 is 2.76 bits per heavy atom. The Hall–Kier alpha value is -3.08. The van der Waals surface area contributed by atoms with Crippen LogP contribution in [0.25, 0.3) is 33.3 Å². The molecule has 1 heterocycles. The highest BCUT2D eigenvalue weighted by molar-refractivity contribution is 5.97. The number of aromatic hydroxyl groups is 1. The average Bonchev–Trinajstić information content (AvgIpc) is 2.60. The van der Waals surface area contributed by atoms with Crippen LogP contribution in [-0.4, -0.2) is 23.7 Å². The Balaban J connectivity index is 2.13. The van der Waals surface area contributed by atoms with E-state index in [1.54, 1.807) is 19.2 Å². The smallest absolute Gasteiger partial charge is 0.155 e. The molecule has 2 aromatic carbocycles. The van der Waals surface area contributed by atoms with Crippen molar-refractivity contribution >= 4 is 27.6 Å². The van der Waals surface area contributed by atoms with Crippen molar-refractivity contribution in [2.45, 2.75) is 13.8 Å². The Kier molecular flexibility index (Phi) is 3.57. The van der Waals surface area contributed by atoms with E-state index in [2.05, 4.69) is 17.2 Å². The molecule has 0 saturated carbocycles. The molecule has 2 aromatic rings. The highest BCUT2D eigenvalue weighted by Crippen LogP contribution is 2.33. The number of nitrogens with one attached hydrogen (secondary N) is 1. The fraction of sp³-hybridized carbons (Fsp3) is 0.200. The van der Waals surface area contributed by atoms with Crippen LogP contribution in [0.3, 0.4) is 0 Å². The third kappa shape index (κ3) is 2.48. The minimum atomic E-state index is 0.197. The van der Waals surface area contributed by atoms with Crippen molar-refractivity contribution in [3.63, 3.8) is 0 Å². The molecule has 2 N–H and O–H groups in total. The van der Waals surface area contributed by atoms with Gasteiger partial charge in [0.2, 0.25) is 0 Å². The first-order valence-corrected chi connectivity index (χ1v) is 8.28. The van der Waals surface area contributed by atoms with Crippen molar-refractivity contribution in [1.82, 2.24) is 4.98 Å². The average molecular weight is 333 g/mol. The minimum absolute atomic E-state index is 0.197. The van der Waals surface area contributed by atoms with E-state index >= 15 is 0 Å². The van der Waals surface area contributed by atoms with Crippen LogP contribution >= 0.6 is 0 Å². The molecular formula is C20H19N3O2. The Bertz CT molecular complexity index is 1150. The molecular weight excluding hydrogens is 314 g/mol. The van der Waals surface area contributed by atoms with Gasteiger partial charge in [0.15, 0.2) is 11.3 Å². The first kappa shape index (κ1) is 15.4. The molecule has 0 bridgehead atoms. The van der Waals surface area contributed by atoms with Crippen molar-refractivity contribution in [3.05, 3.63) is 47.3 Å². The minimum Gasteiger partial charge on any atom is -0.508 e. The molecule has 25 heavy (non-hydrogen) atoms. The molecule has 1 aliphatic heterocycles. The van der Waals surface area contributed by atoms with Gasteiger partial charge in [-0.25, -0.2) is 4.98 Å². The van der Waals surface area contributed by atoms with Crippen molar-refractivity contribution in [1.29, 1.82) is 0 Å². The molecule has 0 spiro atoms. The van der Waals surface area contributed by atoms with Gasteiger partial charge >= 0.3 is 0 Å². The lowest BCUT2D eigenvalue weighted by molar-refractivity contribution is 0.476. The van der Waals surface area contributed by atoms with E-state index in [4.69, 9.17) is 9.40 Å². The second-order valence-corrected chi connectivity index (χ2v) is 6.07. The van der Waals surface area contributed by atoms with Crippen LogP contribution in [0, 0.1) is 6.92 Å². The Labute approximate surface area is 145 Å². The summed E-state index contributed by atoms with van der Waals surface area (Å²) >= 11 is 0. The number of phenols is 1. The van der Waals surface area contributed by atoms with E-state index in [0.717, 1.165) is 50.7 Å². The third-order valence-corrected chi connectivity index (χ3v) is 4.40. The number of fused-ring (bicyclic) bond motifs is 4. The first-order valence-electron chi connectivity index (χ1n) is 8.28. The molecule has 126 valence electrons. The summed E-state index contributed by atoms with van der Waals surface area (Å²) in [5, 5.41) is 15.8. The predicted molar refractivity (Wildman–Crippen MR) is 100 cm³/mol. The number of benzene rings is 3. The highest BCUT2D eigenvalue weighted by Gasteiger charge is 2.16. The quantitative estimate of drug-likeness (QED) is 0.429. The number of rotatable bonds is 2. The second kappa shape index (κ2) is 5.77. The van der Waals surface area contributed by atoms with Gasteiger partial charge in [0.1, 0.15) is 17.0 Å². The molecule has 0 aromatic heterocycles. The van der Waals surface area contributed by atoms with Crippen molar-refractivity contribution < 1.29 is 9.52 Å². The molecule has 0 unspecified atom stereocenters. The SMILES string of the molecule is CCNc1cc2oc3c/c(=N/C)c4ccc(O)cc4c-3nc2cc1C. The van der Waals surface area contributed by atoms with Crippen molar-refractivity contribution in [3.8, 4) is 17.2 Å². The molecule has 0 amide bonds. The summed E-state index contributed by atoms with van der Waals surface area (Å²) in [7, 11) is 1.74.